The molecule has 0 radical (unpaired) electrons. The fourth-order valence-corrected chi connectivity index (χ4v) is 4.14. The Bertz CT molecular complexity index is 1630. The molecule has 0 spiro atoms. The molecule has 3 aromatic heterocycles. The molecule has 0 saturated carbocycles. The summed E-state index contributed by atoms with van der Waals surface area (Å²) in [4.78, 5) is 17.7. The van der Waals surface area contributed by atoms with Crippen LogP contribution in [0.1, 0.15) is 33.7 Å². The first-order chi connectivity index (χ1) is 18.0. The van der Waals surface area contributed by atoms with E-state index in [-0.39, 0.29) is 23.1 Å². The smallest absolute Gasteiger partial charge is 0.259 e. The topological polar surface area (TPSA) is 136 Å². The van der Waals surface area contributed by atoms with Gasteiger partial charge in [-0.1, -0.05) is 35.5 Å². The molecular weight excluding hydrogens is 473 g/mol. The third kappa shape index (κ3) is 4.62. The largest absolute Gasteiger partial charge is 0.382 e. The molecule has 0 atom stereocenters. The van der Waals surface area contributed by atoms with Crippen molar-refractivity contribution in [2.75, 3.05) is 12.3 Å². The van der Waals surface area contributed by atoms with E-state index in [0.717, 1.165) is 5.56 Å². The second-order valence-electron chi connectivity index (χ2n) is 8.44. The lowest BCUT2D eigenvalue weighted by molar-refractivity contribution is 0.0954. The number of aryl methyl sites for hydroxylation is 2. The fraction of sp³-hybridized carbons (Fsp3) is 0.148. The van der Waals surface area contributed by atoms with Crippen molar-refractivity contribution in [2.45, 2.75) is 19.8 Å². The monoisotopic (exact) mass is 495 g/mol. The molecule has 0 fully saturated rings. The molecule has 3 N–H and O–H groups in total. The summed E-state index contributed by atoms with van der Waals surface area (Å²) < 4.78 is 20.1. The van der Waals surface area contributed by atoms with E-state index in [1.165, 1.54) is 28.9 Å². The number of nitrogens with zero attached hydrogens (tertiary/aromatic N) is 5. The van der Waals surface area contributed by atoms with Crippen LogP contribution in [0, 0.1) is 24.1 Å². The van der Waals surface area contributed by atoms with Crippen LogP contribution in [-0.2, 0) is 6.42 Å². The first-order valence-electron chi connectivity index (χ1n) is 11.6. The second kappa shape index (κ2) is 9.91. The van der Waals surface area contributed by atoms with Gasteiger partial charge in [-0.2, -0.15) is 10.4 Å². The maximum atomic E-state index is 13.3. The predicted octanol–water partition coefficient (Wildman–Crippen LogP) is 4.34. The van der Waals surface area contributed by atoms with E-state index in [9.17, 15) is 14.4 Å². The number of nitrogen functional groups attached to an aromatic ring is 1. The molecule has 10 heteroatoms. The summed E-state index contributed by atoms with van der Waals surface area (Å²) >= 11 is 0. The van der Waals surface area contributed by atoms with Gasteiger partial charge >= 0.3 is 0 Å². The second-order valence-corrected chi connectivity index (χ2v) is 8.44. The Morgan fingerprint density at radius 1 is 1.19 bits per heavy atom. The van der Waals surface area contributed by atoms with E-state index in [4.69, 9.17) is 10.3 Å². The molecule has 0 saturated heterocycles. The highest BCUT2D eigenvalue weighted by atomic mass is 19.1. The van der Waals surface area contributed by atoms with Gasteiger partial charge < -0.3 is 15.6 Å². The number of aromatic nitrogens is 4. The van der Waals surface area contributed by atoms with Gasteiger partial charge in [-0.3, -0.25) is 4.79 Å². The van der Waals surface area contributed by atoms with E-state index in [1.807, 2.05) is 30.3 Å². The number of amides is 1. The molecule has 5 aromatic rings. The third-order valence-corrected chi connectivity index (χ3v) is 5.98. The Hall–Kier alpha value is -5.04. The zero-order valence-electron chi connectivity index (χ0n) is 19.9. The minimum absolute atomic E-state index is 0.184. The van der Waals surface area contributed by atoms with Crippen molar-refractivity contribution in [3.8, 4) is 23.0 Å². The van der Waals surface area contributed by atoms with E-state index in [2.05, 4.69) is 26.6 Å². The molecule has 37 heavy (non-hydrogen) atoms. The molecule has 184 valence electrons. The molecule has 9 nitrogen and oxygen atoms in total. The van der Waals surface area contributed by atoms with Gasteiger partial charge in [0, 0.05) is 12.1 Å². The Balaban J connectivity index is 1.31. The van der Waals surface area contributed by atoms with Crippen LogP contribution in [0.5, 0.6) is 0 Å². The minimum atomic E-state index is -0.380. The van der Waals surface area contributed by atoms with Crippen molar-refractivity contribution in [3.05, 3.63) is 89.0 Å². The molecule has 0 bridgehead atoms. The van der Waals surface area contributed by atoms with Crippen molar-refractivity contribution in [1.82, 2.24) is 25.2 Å². The van der Waals surface area contributed by atoms with Gasteiger partial charge in [0.05, 0.1) is 33.7 Å². The number of fused-ring (bicyclic) bond motifs is 1. The highest BCUT2D eigenvalue weighted by Gasteiger charge is 2.20. The van der Waals surface area contributed by atoms with Gasteiger partial charge in [0.1, 0.15) is 23.3 Å². The van der Waals surface area contributed by atoms with Crippen LogP contribution in [0.3, 0.4) is 0 Å². The Morgan fingerprint density at radius 3 is 2.68 bits per heavy atom. The number of nitriles is 1. The SMILES string of the molecule is Cc1noc2nc(-c3ccccc3)cc(C(=O)NCCCc3nn(-c4ccc(F)cc4)c(N)c3C#N)c12. The van der Waals surface area contributed by atoms with Crippen LogP contribution in [-0.4, -0.2) is 32.4 Å². The molecule has 3 heterocycles. The lowest BCUT2D eigenvalue weighted by Gasteiger charge is -2.08. The highest BCUT2D eigenvalue weighted by Crippen LogP contribution is 2.27. The maximum absolute atomic E-state index is 13.3. The zero-order chi connectivity index (χ0) is 25.9. The van der Waals surface area contributed by atoms with Crippen molar-refractivity contribution in [1.29, 1.82) is 5.26 Å². The number of carbonyl (C=O) groups excluding carboxylic acids is 1. The molecule has 0 aliphatic rings. The summed E-state index contributed by atoms with van der Waals surface area (Å²) in [6, 6.07) is 19.0. The first kappa shape index (κ1) is 23.7. The van der Waals surface area contributed by atoms with E-state index >= 15 is 0 Å². The fourth-order valence-electron chi connectivity index (χ4n) is 4.14. The van der Waals surface area contributed by atoms with Crippen molar-refractivity contribution in [3.63, 3.8) is 0 Å². The standard InChI is InChI=1S/C27H22FN7O2/c1-16-24-20(14-23(32-27(24)37-34-16)17-6-3-2-4-7-17)26(36)31-13-5-8-22-21(15-29)25(30)35(33-22)19-11-9-18(28)10-12-19/h2-4,6-7,9-12,14H,5,8,13,30H2,1H3,(H,31,36). The van der Waals surface area contributed by atoms with Gasteiger partial charge in [0.25, 0.3) is 11.6 Å². The van der Waals surface area contributed by atoms with Crippen LogP contribution in [0.4, 0.5) is 10.2 Å². The van der Waals surface area contributed by atoms with Crippen molar-refractivity contribution >= 4 is 22.8 Å². The number of halogens is 1. The Kier molecular flexibility index (Phi) is 6.34. The number of pyridine rings is 1. The lowest BCUT2D eigenvalue weighted by Crippen LogP contribution is -2.25. The molecule has 0 aliphatic heterocycles. The van der Waals surface area contributed by atoms with Crippen LogP contribution < -0.4 is 11.1 Å². The van der Waals surface area contributed by atoms with Gasteiger partial charge in [-0.25, -0.2) is 14.1 Å². The summed E-state index contributed by atoms with van der Waals surface area (Å²) in [7, 11) is 0. The Morgan fingerprint density at radius 2 is 1.95 bits per heavy atom. The van der Waals surface area contributed by atoms with E-state index in [1.54, 1.807) is 13.0 Å². The number of nitrogens with two attached hydrogens (primary N) is 1. The Labute approximate surface area is 211 Å². The van der Waals surface area contributed by atoms with Crippen molar-refractivity contribution in [2.24, 2.45) is 0 Å². The number of hydrogen-bond acceptors (Lipinski definition) is 7. The van der Waals surface area contributed by atoms with Crippen molar-refractivity contribution < 1.29 is 13.7 Å². The number of hydrogen-bond donors (Lipinski definition) is 2. The average Bonchev–Trinajstić information content (AvgIpc) is 3.45. The zero-order valence-corrected chi connectivity index (χ0v) is 19.9. The number of carbonyl (C=O) groups is 1. The minimum Gasteiger partial charge on any atom is -0.382 e. The van der Waals surface area contributed by atoms with Gasteiger partial charge in [0.2, 0.25) is 0 Å². The van der Waals surface area contributed by atoms with Gasteiger partial charge in [-0.15, -0.1) is 0 Å². The van der Waals surface area contributed by atoms with Crippen LogP contribution in [0.2, 0.25) is 0 Å². The predicted molar refractivity (Wildman–Crippen MR) is 135 cm³/mol. The summed E-state index contributed by atoms with van der Waals surface area (Å²) in [5, 5.41) is 21.5. The number of rotatable bonds is 7. The maximum Gasteiger partial charge on any atom is 0.259 e. The quantitative estimate of drug-likeness (QED) is 0.321. The average molecular weight is 496 g/mol. The number of anilines is 1. The van der Waals surface area contributed by atoms with Crippen LogP contribution >= 0.6 is 0 Å². The normalized spacial score (nSPS) is 10.9. The van der Waals surface area contributed by atoms with E-state index < -0.39 is 0 Å². The summed E-state index contributed by atoms with van der Waals surface area (Å²) in [6.07, 6.45) is 0.928. The molecule has 0 unspecified atom stereocenters. The van der Waals surface area contributed by atoms with Crippen LogP contribution in [0.25, 0.3) is 28.0 Å². The number of nitrogens with one attached hydrogen (secondary N) is 1. The molecule has 2 aromatic carbocycles. The van der Waals surface area contributed by atoms with Gasteiger partial charge in [-0.05, 0) is 50.1 Å². The highest BCUT2D eigenvalue weighted by molar-refractivity contribution is 6.07. The molecule has 1 amide bonds. The van der Waals surface area contributed by atoms with E-state index in [0.29, 0.717) is 58.8 Å². The summed E-state index contributed by atoms with van der Waals surface area (Å²) in [5.74, 6) is -0.480. The number of benzene rings is 2. The lowest BCUT2D eigenvalue weighted by atomic mass is 10.0. The third-order valence-electron chi connectivity index (χ3n) is 5.98. The summed E-state index contributed by atoms with van der Waals surface area (Å²) in [6.45, 7) is 2.10. The molecular formula is C27H22FN7O2. The van der Waals surface area contributed by atoms with Crippen LogP contribution in [0.15, 0.2) is 65.2 Å². The molecule has 5 rings (SSSR count). The summed E-state index contributed by atoms with van der Waals surface area (Å²) in [5.41, 5.74) is 10.2. The molecule has 0 aliphatic carbocycles. The van der Waals surface area contributed by atoms with Gasteiger partial charge in [0.15, 0.2) is 0 Å². The first-order valence-corrected chi connectivity index (χ1v) is 11.6.